The molecule has 0 radical (unpaired) electrons. The molecule has 0 saturated carbocycles. The molecule has 0 amide bonds. The number of carbonyl (C=O) groups is 2. The van der Waals surface area contributed by atoms with Crippen molar-refractivity contribution in [2.45, 2.75) is 24.5 Å². The third-order valence-electron chi connectivity index (χ3n) is 3.69. The Kier molecular flexibility index (Phi) is 2.76. The summed E-state index contributed by atoms with van der Waals surface area (Å²) in [5.41, 5.74) is 5.73. The van der Waals surface area contributed by atoms with Crippen LogP contribution in [0.4, 0.5) is 0 Å². The van der Waals surface area contributed by atoms with Gasteiger partial charge < -0.3 is 20.6 Å². The molecule has 1 aromatic carbocycles. The van der Waals surface area contributed by atoms with E-state index in [4.69, 9.17) is 10.5 Å². The zero-order valence-corrected chi connectivity index (χ0v) is 10.6. The smallest absolute Gasteiger partial charge is 0.348 e. The molecule has 2 atom stereocenters. The maximum Gasteiger partial charge on any atom is 0.348 e. The summed E-state index contributed by atoms with van der Waals surface area (Å²) < 4.78 is 5.07. The molecule has 6 nitrogen and oxygen atoms in total. The molecule has 0 aliphatic carbocycles. The molecule has 1 aromatic heterocycles. The van der Waals surface area contributed by atoms with E-state index in [0.29, 0.717) is 0 Å². The van der Waals surface area contributed by atoms with Crippen molar-refractivity contribution in [1.29, 1.82) is 0 Å². The van der Waals surface area contributed by atoms with Crippen molar-refractivity contribution < 1.29 is 19.4 Å². The number of carbonyl (C=O) groups excluding carboxylic acids is 1. The number of hydrogen-bond donors (Lipinski definition) is 3. The van der Waals surface area contributed by atoms with Crippen molar-refractivity contribution in [3.05, 3.63) is 36.0 Å². The quantitative estimate of drug-likeness (QED) is 0.718. The second-order valence-corrected chi connectivity index (χ2v) is 5.07. The Morgan fingerprint density at radius 3 is 2.90 bits per heavy atom. The molecule has 0 unspecified atom stereocenters. The van der Waals surface area contributed by atoms with Crippen molar-refractivity contribution in [3.63, 3.8) is 0 Å². The number of benzene rings is 1. The number of cyclic esters (lactones) is 1. The molecule has 1 aliphatic heterocycles. The summed E-state index contributed by atoms with van der Waals surface area (Å²) in [6.07, 6.45) is 1.83. The summed E-state index contributed by atoms with van der Waals surface area (Å²) in [5.74, 6) is -1.82. The minimum absolute atomic E-state index is 0.0132. The number of aromatic nitrogens is 1. The van der Waals surface area contributed by atoms with Gasteiger partial charge in [0.25, 0.3) is 0 Å². The van der Waals surface area contributed by atoms with E-state index >= 15 is 0 Å². The first kappa shape index (κ1) is 12.7. The number of ether oxygens (including phenoxy) is 1. The van der Waals surface area contributed by atoms with Crippen LogP contribution < -0.4 is 5.73 Å². The van der Waals surface area contributed by atoms with E-state index in [9.17, 15) is 14.7 Å². The number of H-pyrrole nitrogens is 1. The topological polar surface area (TPSA) is 105 Å². The summed E-state index contributed by atoms with van der Waals surface area (Å²) in [6, 6.07) is 6.68. The van der Waals surface area contributed by atoms with E-state index in [2.05, 4.69) is 4.98 Å². The summed E-state index contributed by atoms with van der Waals surface area (Å²) in [4.78, 5) is 26.1. The van der Waals surface area contributed by atoms with Gasteiger partial charge >= 0.3 is 11.9 Å². The number of para-hydroxylation sites is 1. The van der Waals surface area contributed by atoms with Gasteiger partial charge in [-0.25, -0.2) is 4.79 Å². The number of hydrogen-bond acceptors (Lipinski definition) is 4. The molecule has 104 valence electrons. The fourth-order valence-corrected chi connectivity index (χ4v) is 2.65. The minimum Gasteiger partial charge on any atom is -0.478 e. The van der Waals surface area contributed by atoms with Gasteiger partial charge in [-0.3, -0.25) is 4.79 Å². The Morgan fingerprint density at radius 1 is 1.50 bits per heavy atom. The van der Waals surface area contributed by atoms with Gasteiger partial charge in [0, 0.05) is 29.9 Å². The number of nitrogens with two attached hydrogens (primary N) is 1. The second-order valence-electron chi connectivity index (χ2n) is 5.07. The summed E-state index contributed by atoms with van der Waals surface area (Å²) >= 11 is 0. The van der Waals surface area contributed by atoms with Crippen LogP contribution in [-0.2, 0) is 20.7 Å². The lowest BCUT2D eigenvalue weighted by Gasteiger charge is -2.22. The highest BCUT2D eigenvalue weighted by Crippen LogP contribution is 2.32. The molecular weight excluding hydrogens is 260 g/mol. The number of carboxylic acids is 1. The molecule has 3 rings (SSSR count). The van der Waals surface area contributed by atoms with Crippen LogP contribution in [-0.4, -0.2) is 33.7 Å². The van der Waals surface area contributed by atoms with Crippen molar-refractivity contribution in [2.24, 2.45) is 5.73 Å². The lowest BCUT2D eigenvalue weighted by atomic mass is 9.90. The predicted octanol–water partition coefficient (Wildman–Crippen LogP) is 0.808. The van der Waals surface area contributed by atoms with Gasteiger partial charge in [-0.1, -0.05) is 18.2 Å². The maximum absolute atomic E-state index is 11.5. The monoisotopic (exact) mass is 274 g/mol. The Bertz CT molecular complexity index is 693. The highest BCUT2D eigenvalue weighted by atomic mass is 16.6. The van der Waals surface area contributed by atoms with Crippen LogP contribution in [0.3, 0.4) is 0 Å². The Balaban J connectivity index is 1.99. The van der Waals surface area contributed by atoms with Gasteiger partial charge in [0.15, 0.2) is 0 Å². The molecule has 1 saturated heterocycles. The largest absolute Gasteiger partial charge is 0.478 e. The Morgan fingerprint density at radius 2 is 2.25 bits per heavy atom. The maximum atomic E-state index is 11.5. The zero-order valence-electron chi connectivity index (χ0n) is 10.6. The minimum atomic E-state index is -1.57. The normalized spacial score (nSPS) is 25.9. The average Bonchev–Trinajstić information content (AvgIpc) is 2.94. The van der Waals surface area contributed by atoms with E-state index in [1.54, 1.807) is 6.20 Å². The van der Waals surface area contributed by atoms with Crippen LogP contribution >= 0.6 is 0 Å². The molecule has 20 heavy (non-hydrogen) atoms. The third-order valence-corrected chi connectivity index (χ3v) is 3.69. The van der Waals surface area contributed by atoms with Gasteiger partial charge in [-0.15, -0.1) is 0 Å². The van der Waals surface area contributed by atoms with E-state index in [0.717, 1.165) is 16.5 Å². The summed E-state index contributed by atoms with van der Waals surface area (Å²) in [7, 11) is 0. The highest BCUT2D eigenvalue weighted by Gasteiger charge is 2.51. The number of esters is 1. The number of fused-ring (bicyclic) bond motifs is 1. The highest BCUT2D eigenvalue weighted by molar-refractivity contribution is 5.90. The first-order valence-corrected chi connectivity index (χ1v) is 6.29. The van der Waals surface area contributed by atoms with E-state index in [1.807, 2.05) is 24.3 Å². The third kappa shape index (κ3) is 1.85. The van der Waals surface area contributed by atoms with Crippen molar-refractivity contribution in [2.75, 3.05) is 0 Å². The van der Waals surface area contributed by atoms with E-state index < -0.39 is 23.6 Å². The van der Waals surface area contributed by atoms with Crippen LogP contribution in [0.25, 0.3) is 10.9 Å². The first-order valence-electron chi connectivity index (χ1n) is 6.29. The van der Waals surface area contributed by atoms with Crippen molar-refractivity contribution >= 4 is 22.8 Å². The van der Waals surface area contributed by atoms with Crippen LogP contribution in [0.2, 0.25) is 0 Å². The van der Waals surface area contributed by atoms with Crippen LogP contribution in [0.1, 0.15) is 12.0 Å². The van der Waals surface area contributed by atoms with Crippen LogP contribution in [0.5, 0.6) is 0 Å². The van der Waals surface area contributed by atoms with Crippen molar-refractivity contribution in [1.82, 2.24) is 4.98 Å². The molecule has 1 aliphatic rings. The van der Waals surface area contributed by atoms with Gasteiger partial charge in [0.1, 0.15) is 6.04 Å². The molecule has 1 fully saturated rings. The molecule has 0 bridgehead atoms. The van der Waals surface area contributed by atoms with Gasteiger partial charge in [-0.05, 0) is 11.6 Å². The number of nitrogens with one attached hydrogen (secondary N) is 1. The zero-order chi connectivity index (χ0) is 14.3. The first-order chi connectivity index (χ1) is 9.52. The summed E-state index contributed by atoms with van der Waals surface area (Å²) in [6.45, 7) is 0. The van der Waals surface area contributed by atoms with E-state index in [-0.39, 0.29) is 12.8 Å². The fraction of sp³-hybridized carbons (Fsp3) is 0.286. The van der Waals surface area contributed by atoms with Crippen LogP contribution in [0, 0.1) is 0 Å². The van der Waals surface area contributed by atoms with Gasteiger partial charge in [-0.2, -0.15) is 0 Å². The van der Waals surface area contributed by atoms with Crippen LogP contribution in [0.15, 0.2) is 30.5 Å². The number of carboxylic acid groups (broad SMARTS) is 1. The molecule has 2 heterocycles. The lowest BCUT2D eigenvalue weighted by molar-refractivity contribution is -0.169. The molecule has 4 N–H and O–H groups in total. The standard InChI is InChI=1S/C14H14N2O4/c15-10-6-14(13(18)19,20-12(10)17)5-8-7-16-11-4-2-1-3-9(8)11/h1-4,7,10,16H,5-6,15H2,(H,18,19)/t10-,14+/m0/s1. The lowest BCUT2D eigenvalue weighted by Crippen LogP contribution is -2.41. The molecular formula is C14H14N2O4. The Hall–Kier alpha value is -2.34. The van der Waals surface area contributed by atoms with Gasteiger partial charge in [0.05, 0.1) is 0 Å². The Labute approximate surface area is 114 Å². The molecule has 0 spiro atoms. The SMILES string of the molecule is N[C@H]1C[C@](Cc2c[nH]c3ccccc23)(C(=O)O)OC1=O. The number of aromatic amines is 1. The summed E-state index contributed by atoms with van der Waals surface area (Å²) in [5, 5.41) is 10.3. The average molecular weight is 274 g/mol. The second kappa shape index (κ2) is 4.35. The predicted molar refractivity (Wildman–Crippen MR) is 71.1 cm³/mol. The van der Waals surface area contributed by atoms with E-state index in [1.165, 1.54) is 0 Å². The number of aliphatic carboxylic acids is 1. The molecule has 6 heteroatoms. The fourth-order valence-electron chi connectivity index (χ4n) is 2.65. The molecule has 2 aromatic rings. The number of rotatable bonds is 3. The van der Waals surface area contributed by atoms with Gasteiger partial charge in [0.2, 0.25) is 5.60 Å². The van der Waals surface area contributed by atoms with Crippen molar-refractivity contribution in [3.8, 4) is 0 Å².